The van der Waals surface area contributed by atoms with Gasteiger partial charge >= 0.3 is 12.4 Å². The van der Waals surface area contributed by atoms with Crippen LogP contribution in [-0.2, 0) is 22.5 Å². The van der Waals surface area contributed by atoms with Gasteiger partial charge in [-0.25, -0.2) is 0 Å². The largest absolute Gasteiger partial charge is 0.417 e. The lowest BCUT2D eigenvalue weighted by Crippen LogP contribution is -2.27. The van der Waals surface area contributed by atoms with Gasteiger partial charge in [-0.1, -0.05) is 41.5 Å². The van der Waals surface area contributed by atoms with Crippen molar-refractivity contribution in [3.8, 4) is 0 Å². The molecule has 0 unspecified atom stereocenters. The van der Waals surface area contributed by atoms with Gasteiger partial charge in [0.2, 0.25) is 0 Å². The minimum Gasteiger partial charge on any atom is -0.282 e. The van der Waals surface area contributed by atoms with Crippen molar-refractivity contribution in [3.63, 3.8) is 0 Å². The number of hydrogen-bond acceptors (Lipinski definition) is 2. The van der Waals surface area contributed by atoms with E-state index >= 15 is 0 Å². The summed E-state index contributed by atoms with van der Waals surface area (Å²) < 4.78 is 117. The molecule has 10 heteroatoms. The second-order valence-corrected chi connectivity index (χ2v) is 8.61. The predicted molar refractivity (Wildman–Crippen MR) is 88.5 cm³/mol. The van der Waals surface area contributed by atoms with Crippen LogP contribution in [0.2, 0.25) is 0 Å². The van der Waals surface area contributed by atoms with Crippen LogP contribution in [0.1, 0.15) is 87.1 Å². The molecule has 3 nitrogen and oxygen atoms in total. The van der Waals surface area contributed by atoms with E-state index in [4.69, 9.17) is 0 Å². The quantitative estimate of drug-likeness (QED) is 0.457. The first-order valence-corrected chi connectivity index (χ1v) is 9.62. The maximum atomic E-state index is 13.9. The van der Waals surface area contributed by atoms with Gasteiger partial charge in [0.25, 0.3) is 10.1 Å². The van der Waals surface area contributed by atoms with Crippen molar-refractivity contribution in [2.75, 3.05) is 0 Å². The van der Waals surface area contributed by atoms with Gasteiger partial charge in [0.1, 0.15) is 4.90 Å². The maximum Gasteiger partial charge on any atom is 0.417 e. The van der Waals surface area contributed by atoms with Gasteiger partial charge < -0.3 is 0 Å². The van der Waals surface area contributed by atoms with E-state index in [1.807, 2.05) is 0 Å². The molecule has 0 aromatic heterocycles. The van der Waals surface area contributed by atoms with Crippen molar-refractivity contribution in [3.05, 3.63) is 27.8 Å². The monoisotopic (exact) mass is 420 g/mol. The van der Waals surface area contributed by atoms with E-state index in [-0.39, 0.29) is 0 Å². The zero-order chi connectivity index (χ0) is 21.7. The Hall–Kier alpha value is -1.29. The zero-order valence-corrected chi connectivity index (χ0v) is 16.5. The molecule has 0 aliphatic heterocycles. The molecule has 0 spiro atoms. The van der Waals surface area contributed by atoms with Crippen molar-refractivity contribution < 1.29 is 39.3 Å². The molecule has 1 aromatic carbocycles. The molecular formula is C17H22F6O3S. The highest BCUT2D eigenvalue weighted by molar-refractivity contribution is 7.86. The fourth-order valence-electron chi connectivity index (χ4n) is 3.36. The lowest BCUT2D eigenvalue weighted by atomic mass is 9.79. The Morgan fingerprint density at radius 3 is 1.07 bits per heavy atom. The molecule has 1 N–H and O–H groups in total. The fraction of sp³-hybridized carbons (Fsp3) is 0.647. The average Bonchev–Trinajstić information content (AvgIpc) is 2.40. The van der Waals surface area contributed by atoms with Crippen LogP contribution < -0.4 is 0 Å². The van der Waals surface area contributed by atoms with Crippen molar-refractivity contribution in [2.45, 2.75) is 76.5 Å². The molecule has 0 radical (unpaired) electrons. The summed E-state index contributed by atoms with van der Waals surface area (Å²) in [6, 6.07) is 0. The standard InChI is InChI=1S/C17H22F6O3S/c1-7(2)10-13(16(18,19)20)11(8(3)4)15(27(24,25)26)12(9(5)6)14(10)17(21,22)23/h7-9H,1-6H3,(H,24,25,26). The van der Waals surface area contributed by atoms with E-state index in [1.165, 1.54) is 41.5 Å². The van der Waals surface area contributed by atoms with Crippen LogP contribution in [0.3, 0.4) is 0 Å². The maximum absolute atomic E-state index is 13.9. The average molecular weight is 420 g/mol. The first-order chi connectivity index (χ1) is 11.8. The molecule has 1 aromatic rings. The van der Waals surface area contributed by atoms with Crippen LogP contribution in [-0.4, -0.2) is 13.0 Å². The van der Waals surface area contributed by atoms with Crippen molar-refractivity contribution in [2.24, 2.45) is 0 Å². The third-order valence-corrected chi connectivity index (χ3v) is 5.08. The lowest BCUT2D eigenvalue weighted by Gasteiger charge is -2.31. The van der Waals surface area contributed by atoms with Gasteiger partial charge in [-0.3, -0.25) is 4.55 Å². The van der Waals surface area contributed by atoms with Gasteiger partial charge in [-0.15, -0.1) is 0 Å². The van der Waals surface area contributed by atoms with Crippen LogP contribution in [0, 0.1) is 0 Å². The highest BCUT2D eigenvalue weighted by Crippen LogP contribution is 2.51. The minimum absolute atomic E-state index is 0.842. The smallest absolute Gasteiger partial charge is 0.282 e. The van der Waals surface area contributed by atoms with E-state index in [0.29, 0.717) is 0 Å². The number of hydrogen-bond donors (Lipinski definition) is 1. The van der Waals surface area contributed by atoms with Gasteiger partial charge in [-0.2, -0.15) is 34.8 Å². The van der Waals surface area contributed by atoms with E-state index in [2.05, 4.69) is 0 Å². The highest BCUT2D eigenvalue weighted by Gasteiger charge is 2.49. The van der Waals surface area contributed by atoms with E-state index < -0.39 is 72.9 Å². The van der Waals surface area contributed by atoms with Gasteiger partial charge in [-0.05, 0) is 34.4 Å². The first kappa shape index (κ1) is 23.7. The molecule has 0 fully saturated rings. The predicted octanol–water partition coefficient (Wildman–Crippen LogP) is 6.34. The lowest BCUT2D eigenvalue weighted by molar-refractivity contribution is -0.145. The topological polar surface area (TPSA) is 54.4 Å². The highest BCUT2D eigenvalue weighted by atomic mass is 32.2. The van der Waals surface area contributed by atoms with Gasteiger partial charge in [0.05, 0.1) is 11.1 Å². The number of rotatable bonds is 4. The fourth-order valence-corrected chi connectivity index (χ4v) is 4.59. The summed E-state index contributed by atoms with van der Waals surface area (Å²) in [5.74, 6) is -3.39. The summed E-state index contributed by atoms with van der Waals surface area (Å²) in [4.78, 5) is -1.29. The summed E-state index contributed by atoms with van der Waals surface area (Å²) in [5, 5.41) is 0. The molecule has 0 saturated carbocycles. The van der Waals surface area contributed by atoms with Crippen LogP contribution in [0.5, 0.6) is 0 Å². The Kier molecular flexibility index (Phi) is 6.40. The molecular weight excluding hydrogens is 398 g/mol. The molecule has 0 saturated heterocycles. The minimum atomic E-state index is -5.36. The second-order valence-electron chi connectivity index (χ2n) is 7.25. The summed E-state index contributed by atoms with van der Waals surface area (Å²) in [5.41, 5.74) is -5.97. The summed E-state index contributed by atoms with van der Waals surface area (Å²) in [6.07, 6.45) is -10.5. The molecule has 0 aliphatic carbocycles. The summed E-state index contributed by atoms with van der Waals surface area (Å²) in [6.45, 7) is 7.31. The van der Waals surface area contributed by atoms with Gasteiger partial charge in [0, 0.05) is 0 Å². The van der Waals surface area contributed by atoms with Crippen LogP contribution in [0.4, 0.5) is 26.3 Å². The third kappa shape index (κ3) is 4.59. The molecule has 27 heavy (non-hydrogen) atoms. The van der Waals surface area contributed by atoms with Crippen LogP contribution in [0.25, 0.3) is 0 Å². The Morgan fingerprint density at radius 2 is 0.926 bits per heavy atom. The van der Waals surface area contributed by atoms with Crippen LogP contribution in [0.15, 0.2) is 4.90 Å². The van der Waals surface area contributed by atoms with Crippen molar-refractivity contribution >= 4 is 10.1 Å². The SMILES string of the molecule is CC(C)c1c(C(F)(F)F)c(C(C)C)c(S(=O)(=O)O)c(C(C)C)c1C(F)(F)F. The zero-order valence-electron chi connectivity index (χ0n) is 15.7. The number of benzene rings is 1. The molecule has 156 valence electrons. The van der Waals surface area contributed by atoms with Crippen molar-refractivity contribution in [1.82, 2.24) is 0 Å². The molecule has 1 rings (SSSR count). The molecule has 0 atom stereocenters. The number of alkyl halides is 6. The number of halogens is 6. The molecule has 0 amide bonds. The molecule has 0 heterocycles. The third-order valence-electron chi connectivity index (χ3n) is 4.12. The van der Waals surface area contributed by atoms with E-state index in [1.54, 1.807) is 0 Å². The summed E-state index contributed by atoms with van der Waals surface area (Å²) >= 11 is 0. The Morgan fingerprint density at radius 1 is 0.667 bits per heavy atom. The van der Waals surface area contributed by atoms with Crippen LogP contribution >= 0.6 is 0 Å². The molecule has 0 bridgehead atoms. The Bertz CT molecular complexity index is 772. The van der Waals surface area contributed by atoms with E-state index in [9.17, 15) is 39.3 Å². The normalized spacial score (nSPS) is 13.9. The van der Waals surface area contributed by atoms with E-state index in [0.717, 1.165) is 0 Å². The summed E-state index contributed by atoms with van der Waals surface area (Å²) in [7, 11) is -5.36. The van der Waals surface area contributed by atoms with Crippen molar-refractivity contribution in [1.29, 1.82) is 0 Å². The first-order valence-electron chi connectivity index (χ1n) is 8.18. The van der Waals surface area contributed by atoms with Gasteiger partial charge in [0.15, 0.2) is 0 Å². The Labute approximate surface area is 154 Å². The molecule has 0 aliphatic rings. The Balaban J connectivity index is 4.63. The second kappa shape index (κ2) is 7.27.